The molecule has 2 rings (SSSR count). The lowest BCUT2D eigenvalue weighted by molar-refractivity contribution is 1.13. The van der Waals surface area contributed by atoms with Crippen LogP contribution in [0, 0.1) is 0 Å². The maximum Gasteiger partial charge on any atom is 0.274 e. The van der Waals surface area contributed by atoms with E-state index in [1.807, 2.05) is 34.4 Å². The standard InChI is InChI=1S/C8H9S3/c1-3-7(9-4-1)8-10-5-2-6-11-8/h1,3-4H,2,5-6H2/q+1. The van der Waals surface area contributed by atoms with Gasteiger partial charge in [-0.15, -0.1) is 11.3 Å². The fraction of sp³-hybridized carbons (Fsp3) is 0.375. The molecule has 0 saturated carbocycles. The Hall–Kier alpha value is 0.140. The lowest BCUT2D eigenvalue weighted by Crippen LogP contribution is -2.04. The van der Waals surface area contributed by atoms with Crippen molar-refractivity contribution in [2.24, 2.45) is 0 Å². The number of thioether (sulfide) groups is 1. The highest BCUT2D eigenvalue weighted by Crippen LogP contribution is 2.21. The van der Waals surface area contributed by atoms with E-state index in [1.165, 1.54) is 27.0 Å². The van der Waals surface area contributed by atoms with E-state index < -0.39 is 0 Å². The molecule has 0 unspecified atom stereocenters. The third-order valence-corrected chi connectivity index (χ3v) is 5.28. The minimum Gasteiger partial charge on any atom is -0.138 e. The van der Waals surface area contributed by atoms with E-state index in [0.29, 0.717) is 0 Å². The Morgan fingerprint density at radius 2 is 2.45 bits per heavy atom. The third-order valence-electron chi connectivity index (χ3n) is 1.48. The van der Waals surface area contributed by atoms with Gasteiger partial charge in [0.05, 0.1) is 4.88 Å². The summed E-state index contributed by atoms with van der Waals surface area (Å²) in [7, 11) is 0. The zero-order chi connectivity index (χ0) is 7.52. The molecule has 2 heterocycles. The normalized spacial score (nSPS) is 18.0. The summed E-state index contributed by atoms with van der Waals surface area (Å²) in [6, 6.07) is 4.34. The second-order valence-corrected chi connectivity index (χ2v) is 5.73. The van der Waals surface area contributed by atoms with Crippen LogP contribution >= 0.6 is 23.1 Å². The number of hydrogen-bond acceptors (Lipinski definition) is 2. The number of rotatable bonds is 1. The summed E-state index contributed by atoms with van der Waals surface area (Å²) in [4.78, 5) is 1.46. The van der Waals surface area contributed by atoms with Crippen molar-refractivity contribution in [1.29, 1.82) is 0 Å². The van der Waals surface area contributed by atoms with Gasteiger partial charge in [0, 0.05) is 12.2 Å². The van der Waals surface area contributed by atoms with Crippen LogP contribution in [0.2, 0.25) is 0 Å². The van der Waals surface area contributed by atoms with Crippen LogP contribution in [0.25, 0.3) is 0 Å². The average Bonchev–Trinajstić information content (AvgIpc) is 2.58. The van der Waals surface area contributed by atoms with Crippen LogP contribution in [0.1, 0.15) is 11.3 Å². The van der Waals surface area contributed by atoms with Gasteiger partial charge in [-0.25, -0.2) is 0 Å². The lowest BCUT2D eigenvalue weighted by Gasteiger charge is -1.97. The fourth-order valence-corrected chi connectivity index (χ4v) is 4.55. The highest BCUT2D eigenvalue weighted by Gasteiger charge is 2.19. The Balaban J connectivity index is 2.22. The predicted molar refractivity (Wildman–Crippen MR) is 57.7 cm³/mol. The molecule has 1 aromatic heterocycles. The van der Waals surface area contributed by atoms with Crippen molar-refractivity contribution in [2.45, 2.75) is 6.42 Å². The van der Waals surface area contributed by atoms with Crippen molar-refractivity contribution in [2.75, 3.05) is 11.5 Å². The van der Waals surface area contributed by atoms with Crippen molar-refractivity contribution in [3.63, 3.8) is 0 Å². The first-order chi connectivity index (χ1) is 5.47. The number of hydrogen-bond donors (Lipinski definition) is 0. The molecule has 0 fully saturated rings. The zero-order valence-electron chi connectivity index (χ0n) is 6.08. The molecule has 0 radical (unpaired) electrons. The van der Waals surface area contributed by atoms with E-state index in [1.54, 1.807) is 0 Å². The number of thiophene rings is 1. The minimum atomic E-state index is 1.31. The summed E-state index contributed by atoms with van der Waals surface area (Å²) in [6.45, 7) is 0. The van der Waals surface area contributed by atoms with Gasteiger partial charge >= 0.3 is 0 Å². The van der Waals surface area contributed by atoms with Crippen LogP contribution < -0.4 is 0 Å². The van der Waals surface area contributed by atoms with Crippen LogP contribution in [-0.4, -0.2) is 15.7 Å². The quantitative estimate of drug-likeness (QED) is 0.497. The molecule has 0 amide bonds. The van der Waals surface area contributed by atoms with E-state index >= 15 is 0 Å². The summed E-state index contributed by atoms with van der Waals surface area (Å²) in [6.07, 6.45) is 1.37. The average molecular weight is 201 g/mol. The van der Waals surface area contributed by atoms with Gasteiger partial charge in [0.15, 0.2) is 17.1 Å². The molecule has 0 nitrogen and oxygen atoms in total. The Bertz CT molecular complexity index is 248. The monoisotopic (exact) mass is 201 g/mol. The minimum absolute atomic E-state index is 1.31. The Morgan fingerprint density at radius 1 is 1.45 bits per heavy atom. The molecule has 11 heavy (non-hydrogen) atoms. The summed E-state index contributed by atoms with van der Waals surface area (Å²) in [5.41, 5.74) is 0. The van der Waals surface area contributed by atoms with Crippen molar-refractivity contribution < 1.29 is 0 Å². The van der Waals surface area contributed by atoms with E-state index in [9.17, 15) is 0 Å². The first-order valence-electron chi connectivity index (χ1n) is 3.63. The van der Waals surface area contributed by atoms with Crippen LogP contribution in [-0.2, 0) is 11.4 Å². The molecule has 0 saturated heterocycles. The Kier molecular flexibility index (Phi) is 2.61. The SMILES string of the molecule is c1csc(C2=[S+]CCCS2)c1. The predicted octanol–water partition coefficient (Wildman–Crippen LogP) is 2.45. The third kappa shape index (κ3) is 1.83. The van der Waals surface area contributed by atoms with Crippen molar-refractivity contribution in [1.82, 2.24) is 0 Å². The van der Waals surface area contributed by atoms with E-state index in [0.717, 1.165) is 0 Å². The molecule has 1 aromatic rings. The van der Waals surface area contributed by atoms with Gasteiger partial charge in [-0.2, -0.15) is 0 Å². The zero-order valence-corrected chi connectivity index (χ0v) is 8.53. The summed E-state index contributed by atoms with van der Waals surface area (Å²) in [5.74, 6) is 2.61. The van der Waals surface area contributed by atoms with E-state index in [2.05, 4.69) is 17.5 Å². The lowest BCUT2D eigenvalue weighted by atomic mass is 10.5. The summed E-state index contributed by atoms with van der Waals surface area (Å²) in [5, 5.41) is 2.15. The van der Waals surface area contributed by atoms with E-state index in [4.69, 9.17) is 0 Å². The van der Waals surface area contributed by atoms with Gasteiger partial charge < -0.3 is 0 Å². The summed E-state index contributed by atoms with van der Waals surface area (Å²) >= 11 is 5.87. The maximum atomic E-state index is 2.21. The van der Waals surface area contributed by atoms with Gasteiger partial charge in [0.2, 0.25) is 0 Å². The van der Waals surface area contributed by atoms with Crippen LogP contribution in [0.4, 0.5) is 0 Å². The van der Waals surface area contributed by atoms with Gasteiger partial charge in [0.1, 0.15) is 0 Å². The Labute approximate surface area is 79.0 Å². The largest absolute Gasteiger partial charge is 0.274 e. The van der Waals surface area contributed by atoms with Crippen LogP contribution in [0.5, 0.6) is 0 Å². The van der Waals surface area contributed by atoms with Gasteiger partial charge in [-0.05, 0) is 11.4 Å². The first kappa shape index (κ1) is 7.77. The highest BCUT2D eigenvalue weighted by molar-refractivity contribution is 8.23. The summed E-state index contributed by atoms with van der Waals surface area (Å²) < 4.78 is 1.53. The molecule has 0 atom stereocenters. The van der Waals surface area contributed by atoms with E-state index in [-0.39, 0.29) is 0 Å². The molecular formula is C8H9S3+. The smallest absolute Gasteiger partial charge is 0.138 e. The first-order valence-corrected chi connectivity index (χ1v) is 6.48. The second kappa shape index (κ2) is 3.70. The van der Waals surface area contributed by atoms with Crippen molar-refractivity contribution >= 4 is 38.6 Å². The molecule has 1 aliphatic heterocycles. The molecule has 0 bridgehead atoms. The van der Waals surface area contributed by atoms with Gasteiger partial charge in [-0.3, -0.25) is 0 Å². The molecule has 3 heteroatoms. The molecular weight excluding hydrogens is 192 g/mol. The molecule has 58 valence electrons. The molecule has 0 aliphatic carbocycles. The van der Waals surface area contributed by atoms with Crippen LogP contribution in [0.3, 0.4) is 0 Å². The van der Waals surface area contributed by atoms with Gasteiger partial charge in [0.25, 0.3) is 4.20 Å². The molecule has 1 aliphatic rings. The fourth-order valence-electron chi connectivity index (χ4n) is 0.967. The maximum absolute atomic E-state index is 2.21. The second-order valence-electron chi connectivity index (χ2n) is 2.32. The molecule has 0 spiro atoms. The highest BCUT2D eigenvalue weighted by atomic mass is 32.2. The van der Waals surface area contributed by atoms with Crippen molar-refractivity contribution in [3.8, 4) is 0 Å². The Morgan fingerprint density at radius 3 is 3.09 bits per heavy atom. The van der Waals surface area contributed by atoms with Crippen LogP contribution in [0.15, 0.2) is 17.5 Å². The van der Waals surface area contributed by atoms with Gasteiger partial charge in [-0.1, -0.05) is 17.8 Å². The topological polar surface area (TPSA) is 0 Å². The molecule has 0 aromatic carbocycles. The molecule has 0 N–H and O–H groups in total. The van der Waals surface area contributed by atoms with Crippen molar-refractivity contribution in [3.05, 3.63) is 22.4 Å².